The Labute approximate surface area is 134 Å². The van der Waals surface area contributed by atoms with Crippen molar-refractivity contribution in [3.05, 3.63) is 0 Å². The van der Waals surface area contributed by atoms with E-state index in [4.69, 9.17) is 14.9 Å². The normalized spacial score (nSPS) is 14.8. The number of carboxylic acids is 2. The molecule has 0 radical (unpaired) electrons. The number of rotatable bonds is 7. The fraction of sp³-hybridized carbons (Fsp3) is 0.545. The number of anilines is 1. The zero-order chi connectivity index (χ0) is 15.9. The number of morpholine rings is 1. The zero-order valence-electron chi connectivity index (χ0n) is 11.5. The van der Waals surface area contributed by atoms with E-state index >= 15 is 0 Å². The van der Waals surface area contributed by atoms with Crippen molar-refractivity contribution < 1.29 is 24.5 Å². The van der Waals surface area contributed by atoms with Crippen LogP contribution in [0.1, 0.15) is 0 Å². The van der Waals surface area contributed by atoms with Gasteiger partial charge >= 0.3 is 11.9 Å². The second-order valence-electron chi connectivity index (χ2n) is 4.16. The van der Waals surface area contributed by atoms with Crippen molar-refractivity contribution in [1.82, 2.24) is 15.0 Å². The summed E-state index contributed by atoms with van der Waals surface area (Å²) in [6, 6.07) is 0. The zero-order valence-corrected chi connectivity index (χ0v) is 13.1. The van der Waals surface area contributed by atoms with Crippen molar-refractivity contribution in [1.29, 1.82) is 0 Å². The molecule has 2 N–H and O–H groups in total. The summed E-state index contributed by atoms with van der Waals surface area (Å²) >= 11 is 1.95. The maximum atomic E-state index is 10.7. The molecule has 1 saturated heterocycles. The molecule has 1 aromatic heterocycles. The van der Waals surface area contributed by atoms with Crippen molar-refractivity contribution in [3.8, 4) is 0 Å². The Morgan fingerprint density at radius 1 is 1.00 bits per heavy atom. The molecule has 1 aliphatic rings. The Bertz CT molecular complexity index is 517. The van der Waals surface area contributed by atoms with E-state index in [1.165, 1.54) is 0 Å². The van der Waals surface area contributed by atoms with Gasteiger partial charge in [0.25, 0.3) is 0 Å². The Morgan fingerprint density at radius 2 is 1.50 bits per heavy atom. The van der Waals surface area contributed by atoms with Crippen LogP contribution in [0, 0.1) is 0 Å². The summed E-state index contributed by atoms with van der Waals surface area (Å²) in [6.45, 7) is 2.36. The molecule has 0 bridgehead atoms. The van der Waals surface area contributed by atoms with Crippen LogP contribution in [-0.2, 0) is 14.3 Å². The first-order valence-corrected chi connectivity index (χ1v) is 8.29. The highest BCUT2D eigenvalue weighted by Crippen LogP contribution is 2.22. The first-order valence-electron chi connectivity index (χ1n) is 6.32. The minimum atomic E-state index is -0.974. The standard InChI is InChI=1S/C11H14N4O5S2/c16-7(17)5-21-10-12-9(15-1-3-20-4-2-15)13-11(14-10)22-6-8(18)19/h1-6H2,(H,16,17)(H,18,19). The third kappa shape index (κ3) is 5.31. The average molecular weight is 346 g/mol. The van der Waals surface area contributed by atoms with Gasteiger partial charge in [0.2, 0.25) is 5.95 Å². The molecule has 0 amide bonds. The van der Waals surface area contributed by atoms with E-state index in [1.807, 2.05) is 4.90 Å². The van der Waals surface area contributed by atoms with E-state index in [0.717, 1.165) is 23.5 Å². The number of aromatic nitrogens is 3. The smallest absolute Gasteiger partial charge is 0.313 e. The van der Waals surface area contributed by atoms with Gasteiger partial charge in [-0.05, 0) is 0 Å². The summed E-state index contributed by atoms with van der Waals surface area (Å²) in [5.74, 6) is -1.87. The van der Waals surface area contributed by atoms with Crippen LogP contribution in [0.5, 0.6) is 0 Å². The summed E-state index contributed by atoms with van der Waals surface area (Å²) in [5.41, 5.74) is 0. The van der Waals surface area contributed by atoms with Gasteiger partial charge < -0.3 is 19.8 Å². The lowest BCUT2D eigenvalue weighted by atomic mass is 10.4. The third-order valence-electron chi connectivity index (χ3n) is 2.53. The van der Waals surface area contributed by atoms with Crippen LogP contribution in [0.15, 0.2) is 10.3 Å². The molecule has 11 heteroatoms. The van der Waals surface area contributed by atoms with E-state index in [-0.39, 0.29) is 21.8 Å². The molecule has 0 aromatic carbocycles. The minimum absolute atomic E-state index is 0.171. The number of carboxylic acid groups (broad SMARTS) is 2. The number of ether oxygens (including phenoxy) is 1. The largest absolute Gasteiger partial charge is 0.481 e. The molecule has 1 fully saturated rings. The summed E-state index contributed by atoms with van der Waals surface area (Å²) in [4.78, 5) is 35.8. The molecule has 9 nitrogen and oxygen atoms in total. The maximum absolute atomic E-state index is 10.7. The summed E-state index contributed by atoms with van der Waals surface area (Å²) in [5, 5.41) is 18.0. The molecule has 2 rings (SSSR count). The summed E-state index contributed by atoms with van der Waals surface area (Å²) in [7, 11) is 0. The second kappa shape index (κ2) is 8.15. The van der Waals surface area contributed by atoms with Crippen LogP contribution in [0.3, 0.4) is 0 Å². The van der Waals surface area contributed by atoms with Gasteiger partial charge in [-0.2, -0.15) is 15.0 Å². The number of nitrogens with zero attached hydrogens (tertiary/aromatic N) is 4. The lowest BCUT2D eigenvalue weighted by molar-refractivity contribution is -0.134. The molecular formula is C11H14N4O5S2. The van der Waals surface area contributed by atoms with E-state index in [0.29, 0.717) is 32.3 Å². The summed E-state index contributed by atoms with van der Waals surface area (Å²) in [6.07, 6.45) is 0. The van der Waals surface area contributed by atoms with Gasteiger partial charge in [-0.1, -0.05) is 23.5 Å². The van der Waals surface area contributed by atoms with Crippen LogP contribution >= 0.6 is 23.5 Å². The van der Waals surface area contributed by atoms with Gasteiger partial charge in [-0.25, -0.2) is 0 Å². The van der Waals surface area contributed by atoms with Crippen LogP contribution in [0.2, 0.25) is 0 Å². The predicted molar refractivity (Wildman–Crippen MR) is 79.6 cm³/mol. The highest BCUT2D eigenvalue weighted by atomic mass is 32.2. The van der Waals surface area contributed by atoms with Crippen molar-refractivity contribution in [3.63, 3.8) is 0 Å². The molecule has 0 unspecified atom stereocenters. The number of hydrogen-bond acceptors (Lipinski definition) is 9. The monoisotopic (exact) mass is 346 g/mol. The first kappa shape index (κ1) is 16.8. The quantitative estimate of drug-likeness (QED) is 0.651. The van der Waals surface area contributed by atoms with Gasteiger partial charge in [-0.3, -0.25) is 9.59 Å². The molecule has 1 aliphatic heterocycles. The van der Waals surface area contributed by atoms with Gasteiger partial charge in [0.05, 0.1) is 24.7 Å². The fourth-order valence-electron chi connectivity index (χ4n) is 1.61. The molecule has 0 atom stereocenters. The molecule has 2 heterocycles. The highest BCUT2D eigenvalue weighted by molar-refractivity contribution is 8.00. The lowest BCUT2D eigenvalue weighted by Crippen LogP contribution is -2.37. The molecule has 0 spiro atoms. The first-order chi connectivity index (χ1) is 10.5. The molecule has 0 saturated carbocycles. The van der Waals surface area contributed by atoms with Gasteiger partial charge in [0, 0.05) is 13.1 Å². The van der Waals surface area contributed by atoms with Crippen LogP contribution in [-0.4, -0.2) is 74.9 Å². The molecular weight excluding hydrogens is 332 g/mol. The Kier molecular flexibility index (Phi) is 6.21. The molecule has 22 heavy (non-hydrogen) atoms. The van der Waals surface area contributed by atoms with Gasteiger partial charge in [0.1, 0.15) is 0 Å². The van der Waals surface area contributed by atoms with Gasteiger partial charge in [-0.15, -0.1) is 0 Å². The SMILES string of the molecule is O=C(O)CSc1nc(SCC(=O)O)nc(N2CCOCC2)n1. The molecule has 1 aromatic rings. The third-order valence-corrected chi connectivity index (χ3v) is 4.19. The van der Waals surface area contributed by atoms with E-state index in [9.17, 15) is 9.59 Å². The Balaban J connectivity index is 2.17. The fourth-order valence-corrected chi connectivity index (χ4v) is 2.77. The van der Waals surface area contributed by atoms with E-state index in [2.05, 4.69) is 15.0 Å². The van der Waals surface area contributed by atoms with E-state index < -0.39 is 11.9 Å². The average Bonchev–Trinajstić information content (AvgIpc) is 2.51. The highest BCUT2D eigenvalue weighted by Gasteiger charge is 2.17. The van der Waals surface area contributed by atoms with Crippen molar-refractivity contribution in [2.24, 2.45) is 0 Å². The Morgan fingerprint density at radius 3 is 1.95 bits per heavy atom. The number of hydrogen-bond donors (Lipinski definition) is 2. The van der Waals surface area contributed by atoms with Crippen molar-refractivity contribution in [2.75, 3.05) is 42.7 Å². The van der Waals surface area contributed by atoms with E-state index in [1.54, 1.807) is 0 Å². The van der Waals surface area contributed by atoms with Gasteiger partial charge in [0.15, 0.2) is 10.3 Å². The van der Waals surface area contributed by atoms with Crippen LogP contribution in [0.4, 0.5) is 5.95 Å². The number of thioether (sulfide) groups is 2. The molecule has 120 valence electrons. The number of carbonyl (C=O) groups is 2. The lowest BCUT2D eigenvalue weighted by Gasteiger charge is -2.26. The van der Waals surface area contributed by atoms with Crippen molar-refractivity contribution in [2.45, 2.75) is 10.3 Å². The minimum Gasteiger partial charge on any atom is -0.481 e. The van der Waals surface area contributed by atoms with Crippen molar-refractivity contribution >= 4 is 41.4 Å². The predicted octanol–water partition coefficient (Wildman–Crippen LogP) is 0.0616. The summed E-state index contributed by atoms with van der Waals surface area (Å²) < 4.78 is 5.26. The topological polar surface area (TPSA) is 126 Å². The second-order valence-corrected chi connectivity index (χ2v) is 6.05. The van der Waals surface area contributed by atoms with Crippen LogP contribution in [0.25, 0.3) is 0 Å². The van der Waals surface area contributed by atoms with Crippen LogP contribution < -0.4 is 4.90 Å². The maximum Gasteiger partial charge on any atom is 0.313 e. The molecule has 0 aliphatic carbocycles. The number of aliphatic carboxylic acids is 2. The Hall–Kier alpha value is -1.59.